The summed E-state index contributed by atoms with van der Waals surface area (Å²) < 4.78 is 31.8. The minimum absolute atomic E-state index is 0.0989. The van der Waals surface area contributed by atoms with E-state index in [0.717, 1.165) is 5.56 Å². The number of carbonyl (C=O) groups is 1. The highest BCUT2D eigenvalue weighted by Gasteiger charge is 2.35. The van der Waals surface area contributed by atoms with E-state index in [1.807, 2.05) is 103 Å². The third-order valence-electron chi connectivity index (χ3n) is 6.58. The zero-order valence-electron chi connectivity index (χ0n) is 22.0. The van der Waals surface area contributed by atoms with Gasteiger partial charge in [0, 0.05) is 21.6 Å². The zero-order valence-corrected chi connectivity index (χ0v) is 22.9. The number of ether oxygens (including phenoxy) is 3. The van der Waals surface area contributed by atoms with E-state index >= 15 is 4.57 Å². The van der Waals surface area contributed by atoms with Crippen LogP contribution in [-0.2, 0) is 9.30 Å². The lowest BCUT2D eigenvalue weighted by atomic mass is 9.97. The number of fused-ring (bicyclic) bond motifs is 1. The zero-order chi connectivity index (χ0) is 27.4. The second-order valence-corrected chi connectivity index (χ2v) is 11.5. The summed E-state index contributed by atoms with van der Waals surface area (Å²) in [6, 6.07) is 31.4. The molecule has 196 valence electrons. The Morgan fingerprint density at radius 3 is 1.85 bits per heavy atom. The SMILES string of the molecule is CCOC(=O)c1nc(P(=O)(c2ccccc2)c2ccccc2)c2cc(OC)ccc2c1-c1ccc(OC)cc1. The topological polar surface area (TPSA) is 74.7 Å². The van der Waals surface area contributed by atoms with Crippen molar-refractivity contribution in [2.24, 2.45) is 0 Å². The van der Waals surface area contributed by atoms with Crippen molar-refractivity contribution in [3.63, 3.8) is 0 Å². The van der Waals surface area contributed by atoms with E-state index in [0.29, 0.717) is 43.9 Å². The summed E-state index contributed by atoms with van der Waals surface area (Å²) in [5.41, 5.74) is 1.74. The Morgan fingerprint density at radius 2 is 1.31 bits per heavy atom. The van der Waals surface area contributed by atoms with Crippen molar-refractivity contribution in [3.05, 3.63) is 109 Å². The molecule has 0 saturated heterocycles. The predicted octanol–water partition coefficient (Wildman–Crippen LogP) is 5.74. The number of hydrogen-bond donors (Lipinski definition) is 0. The van der Waals surface area contributed by atoms with Crippen LogP contribution in [-0.4, -0.2) is 31.8 Å². The minimum Gasteiger partial charge on any atom is -0.497 e. The van der Waals surface area contributed by atoms with Crippen LogP contribution in [0, 0.1) is 0 Å². The Hall–Kier alpha value is -4.41. The summed E-state index contributed by atoms with van der Waals surface area (Å²) in [5, 5.41) is 2.56. The van der Waals surface area contributed by atoms with Gasteiger partial charge >= 0.3 is 5.97 Å². The number of esters is 1. The molecule has 5 aromatic rings. The van der Waals surface area contributed by atoms with Gasteiger partial charge in [-0.05, 0) is 48.2 Å². The van der Waals surface area contributed by atoms with Crippen LogP contribution < -0.4 is 25.5 Å². The Kier molecular flexibility index (Phi) is 7.49. The van der Waals surface area contributed by atoms with Gasteiger partial charge in [0.15, 0.2) is 12.8 Å². The van der Waals surface area contributed by atoms with Gasteiger partial charge in [-0.25, -0.2) is 9.78 Å². The van der Waals surface area contributed by atoms with Crippen LogP contribution in [0.2, 0.25) is 0 Å². The van der Waals surface area contributed by atoms with Gasteiger partial charge in [0.2, 0.25) is 0 Å². The second kappa shape index (κ2) is 11.1. The molecule has 6 nitrogen and oxygen atoms in total. The molecule has 0 bridgehead atoms. The predicted molar refractivity (Wildman–Crippen MR) is 156 cm³/mol. The second-order valence-electron chi connectivity index (χ2n) is 8.80. The number of pyridine rings is 1. The third-order valence-corrected chi connectivity index (χ3v) is 9.56. The average Bonchev–Trinajstić information content (AvgIpc) is 3.00. The van der Waals surface area contributed by atoms with Crippen molar-refractivity contribution in [3.8, 4) is 22.6 Å². The molecule has 0 N–H and O–H groups in total. The Morgan fingerprint density at radius 1 is 0.744 bits per heavy atom. The third kappa shape index (κ3) is 4.80. The maximum Gasteiger partial charge on any atom is 0.357 e. The van der Waals surface area contributed by atoms with Gasteiger partial charge in [-0.15, -0.1) is 0 Å². The summed E-state index contributed by atoms with van der Waals surface area (Å²) in [4.78, 5) is 18.4. The number of methoxy groups -OCH3 is 2. The molecule has 0 atom stereocenters. The van der Waals surface area contributed by atoms with E-state index in [2.05, 4.69) is 0 Å². The minimum atomic E-state index is -3.56. The van der Waals surface area contributed by atoms with Crippen molar-refractivity contribution in [2.75, 3.05) is 20.8 Å². The molecule has 0 aliphatic carbocycles. The van der Waals surface area contributed by atoms with Crippen LogP contribution in [0.15, 0.2) is 103 Å². The molecule has 1 aromatic heterocycles. The van der Waals surface area contributed by atoms with Crippen molar-refractivity contribution < 1.29 is 23.6 Å². The number of benzene rings is 4. The lowest BCUT2D eigenvalue weighted by molar-refractivity contribution is 0.0521. The van der Waals surface area contributed by atoms with Gasteiger partial charge in [-0.1, -0.05) is 72.8 Å². The highest BCUT2D eigenvalue weighted by molar-refractivity contribution is 7.85. The van der Waals surface area contributed by atoms with Gasteiger partial charge in [0.25, 0.3) is 0 Å². The molecule has 4 aromatic carbocycles. The first-order valence-electron chi connectivity index (χ1n) is 12.6. The number of carbonyl (C=O) groups excluding carboxylic acids is 1. The van der Waals surface area contributed by atoms with E-state index in [9.17, 15) is 4.79 Å². The molecule has 0 saturated carbocycles. The molecule has 0 unspecified atom stereocenters. The summed E-state index contributed by atoms with van der Waals surface area (Å²) in [6.07, 6.45) is 0. The smallest absolute Gasteiger partial charge is 0.357 e. The highest BCUT2D eigenvalue weighted by atomic mass is 31.2. The van der Waals surface area contributed by atoms with Crippen LogP contribution >= 0.6 is 7.14 Å². The van der Waals surface area contributed by atoms with Crippen LogP contribution in [0.3, 0.4) is 0 Å². The molecule has 0 aliphatic rings. The Bertz CT molecular complexity index is 1630. The van der Waals surface area contributed by atoms with E-state index in [-0.39, 0.29) is 12.3 Å². The van der Waals surface area contributed by atoms with E-state index in [4.69, 9.17) is 19.2 Å². The fraction of sp³-hybridized carbons (Fsp3) is 0.125. The molecule has 0 fully saturated rings. The van der Waals surface area contributed by atoms with Gasteiger partial charge in [0.1, 0.15) is 16.9 Å². The molecular formula is C32H28NO5P. The summed E-state index contributed by atoms with van der Waals surface area (Å²) in [5.74, 6) is 0.683. The fourth-order valence-corrected chi connectivity index (χ4v) is 7.45. The average molecular weight is 538 g/mol. The van der Waals surface area contributed by atoms with Crippen LogP contribution in [0.4, 0.5) is 0 Å². The van der Waals surface area contributed by atoms with E-state index in [1.54, 1.807) is 21.1 Å². The standard InChI is InChI=1S/C32H28NO5P/c1-4-38-32(34)30-29(22-15-17-23(36-2)18-16-22)27-20-19-24(37-3)21-28(27)31(33-30)39(35,25-11-7-5-8-12-25)26-13-9-6-10-14-26/h5-21H,4H2,1-3H3. The van der Waals surface area contributed by atoms with E-state index in [1.165, 1.54) is 0 Å². The molecule has 1 heterocycles. The van der Waals surface area contributed by atoms with Crippen LogP contribution in [0.1, 0.15) is 17.4 Å². The molecule has 0 aliphatic heterocycles. The summed E-state index contributed by atoms with van der Waals surface area (Å²) in [6.45, 7) is 1.92. The number of hydrogen-bond acceptors (Lipinski definition) is 6. The molecule has 0 amide bonds. The lowest BCUT2D eigenvalue weighted by Crippen LogP contribution is -2.29. The van der Waals surface area contributed by atoms with Crippen molar-refractivity contribution in [2.45, 2.75) is 6.92 Å². The molecule has 39 heavy (non-hydrogen) atoms. The molecule has 0 radical (unpaired) electrons. The maximum absolute atomic E-state index is 15.4. The summed E-state index contributed by atoms with van der Waals surface area (Å²) >= 11 is 0. The van der Waals surface area contributed by atoms with Gasteiger partial charge in [-0.3, -0.25) is 0 Å². The van der Waals surface area contributed by atoms with E-state index < -0.39 is 13.1 Å². The van der Waals surface area contributed by atoms with Gasteiger partial charge < -0.3 is 18.8 Å². The molecule has 5 rings (SSSR count). The first kappa shape index (κ1) is 26.2. The maximum atomic E-state index is 15.4. The van der Waals surface area contributed by atoms with Gasteiger partial charge in [-0.2, -0.15) is 0 Å². The number of nitrogens with zero attached hydrogens (tertiary/aromatic N) is 1. The Labute approximate surface area is 227 Å². The summed E-state index contributed by atoms with van der Waals surface area (Å²) in [7, 11) is -0.374. The van der Waals surface area contributed by atoms with Crippen LogP contribution in [0.25, 0.3) is 21.9 Å². The largest absolute Gasteiger partial charge is 0.497 e. The van der Waals surface area contributed by atoms with Crippen molar-refractivity contribution in [1.82, 2.24) is 4.98 Å². The quantitative estimate of drug-likeness (QED) is 0.186. The first-order chi connectivity index (χ1) is 19.0. The first-order valence-corrected chi connectivity index (χ1v) is 14.3. The van der Waals surface area contributed by atoms with Crippen molar-refractivity contribution in [1.29, 1.82) is 0 Å². The molecule has 0 spiro atoms. The molecular weight excluding hydrogens is 509 g/mol. The number of rotatable bonds is 8. The lowest BCUT2D eigenvalue weighted by Gasteiger charge is -2.23. The monoisotopic (exact) mass is 537 g/mol. The highest BCUT2D eigenvalue weighted by Crippen LogP contribution is 2.46. The molecule has 7 heteroatoms. The van der Waals surface area contributed by atoms with Crippen molar-refractivity contribution >= 4 is 39.9 Å². The normalized spacial score (nSPS) is 11.3. The number of aromatic nitrogens is 1. The van der Waals surface area contributed by atoms with Gasteiger partial charge in [0.05, 0.1) is 20.8 Å². The Balaban J connectivity index is 1.94. The fourth-order valence-electron chi connectivity index (χ4n) is 4.71. The van der Waals surface area contributed by atoms with Crippen LogP contribution in [0.5, 0.6) is 11.5 Å².